The molecule has 17 heavy (non-hydrogen) atoms. The Labute approximate surface area is 106 Å². The molecule has 1 aromatic heterocycles. The van der Waals surface area contributed by atoms with E-state index in [1.807, 2.05) is 0 Å². The van der Waals surface area contributed by atoms with Crippen molar-refractivity contribution in [3.05, 3.63) is 5.82 Å². The van der Waals surface area contributed by atoms with Gasteiger partial charge in [-0.05, 0) is 32.6 Å². The molecule has 0 amide bonds. The fourth-order valence-electron chi connectivity index (χ4n) is 1.94. The van der Waals surface area contributed by atoms with Gasteiger partial charge in [-0.25, -0.2) is 0 Å². The molecule has 2 atom stereocenters. The minimum absolute atomic E-state index is 0.189. The summed E-state index contributed by atoms with van der Waals surface area (Å²) in [6, 6.07) is 0.858. The topological polar surface area (TPSA) is 56.7 Å². The third-order valence-electron chi connectivity index (χ3n) is 3.58. The van der Waals surface area contributed by atoms with Gasteiger partial charge in [0, 0.05) is 23.3 Å². The van der Waals surface area contributed by atoms with Gasteiger partial charge >= 0.3 is 0 Å². The summed E-state index contributed by atoms with van der Waals surface area (Å²) in [5.74, 6) is 1.91. The van der Waals surface area contributed by atoms with Crippen molar-refractivity contribution in [3.63, 3.8) is 0 Å². The minimum Gasteiger partial charge on any atom is -0.327 e. The van der Waals surface area contributed by atoms with Gasteiger partial charge in [0.05, 0.1) is 0 Å². The number of hydrogen-bond acceptors (Lipinski definition) is 4. The molecule has 2 saturated carbocycles. The first-order valence-corrected chi connectivity index (χ1v) is 7.42. The summed E-state index contributed by atoms with van der Waals surface area (Å²) in [7, 11) is 0. The molecule has 4 nitrogen and oxygen atoms in total. The number of rotatable bonds is 5. The Balaban J connectivity index is 1.83. The maximum Gasteiger partial charge on any atom is 0.191 e. The molecule has 2 aliphatic carbocycles. The van der Waals surface area contributed by atoms with E-state index in [1.165, 1.54) is 31.5 Å². The molecule has 0 aliphatic heterocycles. The van der Waals surface area contributed by atoms with Gasteiger partial charge in [-0.2, -0.15) is 0 Å². The van der Waals surface area contributed by atoms with Crippen molar-refractivity contribution in [2.75, 3.05) is 0 Å². The molecule has 3 rings (SSSR count). The maximum atomic E-state index is 5.93. The Hall–Kier alpha value is -0.550. The van der Waals surface area contributed by atoms with Gasteiger partial charge in [0.15, 0.2) is 5.16 Å². The van der Waals surface area contributed by atoms with Crippen LogP contribution in [0.1, 0.15) is 57.3 Å². The number of nitrogens with zero attached hydrogens (tertiary/aromatic N) is 3. The summed E-state index contributed by atoms with van der Waals surface area (Å²) >= 11 is 1.78. The van der Waals surface area contributed by atoms with Crippen LogP contribution in [0.4, 0.5) is 0 Å². The lowest BCUT2D eigenvalue weighted by Crippen LogP contribution is -2.26. The Bertz CT molecular complexity index is 407. The van der Waals surface area contributed by atoms with Crippen molar-refractivity contribution >= 4 is 11.8 Å². The van der Waals surface area contributed by atoms with Crippen molar-refractivity contribution in [1.82, 2.24) is 14.8 Å². The molecule has 1 heterocycles. The van der Waals surface area contributed by atoms with E-state index in [9.17, 15) is 0 Å². The normalized spacial score (nSPS) is 23.7. The molecule has 0 saturated heterocycles. The van der Waals surface area contributed by atoms with Gasteiger partial charge in [0.25, 0.3) is 0 Å². The van der Waals surface area contributed by atoms with Crippen molar-refractivity contribution in [3.8, 4) is 0 Å². The zero-order chi connectivity index (χ0) is 12.0. The van der Waals surface area contributed by atoms with Crippen molar-refractivity contribution in [2.24, 2.45) is 5.73 Å². The van der Waals surface area contributed by atoms with Gasteiger partial charge in [0.1, 0.15) is 5.82 Å². The molecule has 2 unspecified atom stereocenters. The van der Waals surface area contributed by atoms with E-state index in [-0.39, 0.29) is 6.04 Å². The van der Waals surface area contributed by atoms with Crippen molar-refractivity contribution < 1.29 is 0 Å². The third kappa shape index (κ3) is 2.36. The van der Waals surface area contributed by atoms with Crippen LogP contribution in [0.5, 0.6) is 0 Å². The molecular formula is C12H20N4S. The van der Waals surface area contributed by atoms with Gasteiger partial charge in [-0.1, -0.05) is 18.7 Å². The van der Waals surface area contributed by atoms with E-state index in [0.29, 0.717) is 17.2 Å². The van der Waals surface area contributed by atoms with Crippen LogP contribution in [0.3, 0.4) is 0 Å². The third-order valence-corrected chi connectivity index (χ3v) is 4.87. The van der Waals surface area contributed by atoms with Crippen molar-refractivity contribution in [2.45, 2.75) is 67.9 Å². The highest BCUT2D eigenvalue weighted by atomic mass is 32.2. The van der Waals surface area contributed by atoms with Crippen LogP contribution in [0, 0.1) is 0 Å². The summed E-state index contributed by atoms with van der Waals surface area (Å²) < 4.78 is 2.39. The summed E-state index contributed by atoms with van der Waals surface area (Å²) in [6.45, 7) is 4.22. The number of aromatic nitrogens is 3. The summed E-state index contributed by atoms with van der Waals surface area (Å²) in [5.41, 5.74) is 5.93. The molecule has 2 N–H and O–H groups in total. The molecule has 0 radical (unpaired) electrons. The molecule has 2 fully saturated rings. The monoisotopic (exact) mass is 252 g/mol. The second-order valence-corrected chi connectivity index (χ2v) is 6.74. The van der Waals surface area contributed by atoms with E-state index < -0.39 is 0 Å². The lowest BCUT2D eigenvalue weighted by molar-refractivity contribution is 0.623. The molecule has 0 spiro atoms. The van der Waals surface area contributed by atoms with Crippen LogP contribution in [0.2, 0.25) is 0 Å². The second-order valence-electron chi connectivity index (χ2n) is 5.40. The quantitative estimate of drug-likeness (QED) is 0.817. The molecule has 1 aromatic rings. The van der Waals surface area contributed by atoms with Gasteiger partial charge in [-0.15, -0.1) is 10.2 Å². The zero-order valence-electron chi connectivity index (χ0n) is 10.5. The first-order chi connectivity index (χ1) is 8.16. The van der Waals surface area contributed by atoms with E-state index >= 15 is 0 Å². The van der Waals surface area contributed by atoms with Gasteiger partial charge in [0.2, 0.25) is 0 Å². The lowest BCUT2D eigenvalue weighted by atomic mass is 10.3. The number of hydrogen-bond donors (Lipinski definition) is 1. The molecule has 0 aromatic carbocycles. The number of thioether (sulfide) groups is 1. The second kappa shape index (κ2) is 4.28. The number of nitrogens with two attached hydrogens (primary N) is 1. The first-order valence-electron chi connectivity index (χ1n) is 6.54. The zero-order valence-corrected chi connectivity index (χ0v) is 11.3. The Kier molecular flexibility index (Phi) is 2.91. The highest BCUT2D eigenvalue weighted by molar-refractivity contribution is 7.99. The lowest BCUT2D eigenvalue weighted by Gasteiger charge is -2.15. The van der Waals surface area contributed by atoms with Gasteiger partial charge in [-0.3, -0.25) is 0 Å². The molecule has 94 valence electrons. The van der Waals surface area contributed by atoms with E-state index in [1.54, 1.807) is 11.8 Å². The molecule has 5 heteroatoms. The van der Waals surface area contributed by atoms with E-state index in [2.05, 4.69) is 28.6 Å². The predicted octanol–water partition coefficient (Wildman–Crippen LogP) is 2.32. The van der Waals surface area contributed by atoms with Gasteiger partial charge < -0.3 is 10.3 Å². The SMILES string of the molecule is CC(N)C(C)Sc1nnc(C2CC2)n1C1CC1. The van der Waals surface area contributed by atoms with E-state index in [0.717, 1.165) is 5.16 Å². The Morgan fingerprint density at radius 1 is 1.24 bits per heavy atom. The van der Waals surface area contributed by atoms with Crippen LogP contribution in [0.15, 0.2) is 5.16 Å². The fraction of sp³-hybridized carbons (Fsp3) is 0.833. The Morgan fingerprint density at radius 3 is 2.47 bits per heavy atom. The van der Waals surface area contributed by atoms with Crippen LogP contribution >= 0.6 is 11.8 Å². The highest BCUT2D eigenvalue weighted by Crippen LogP contribution is 2.46. The van der Waals surface area contributed by atoms with E-state index in [4.69, 9.17) is 5.73 Å². The van der Waals surface area contributed by atoms with Crippen molar-refractivity contribution in [1.29, 1.82) is 0 Å². The van der Waals surface area contributed by atoms with Crippen LogP contribution in [-0.2, 0) is 0 Å². The Morgan fingerprint density at radius 2 is 1.94 bits per heavy atom. The molecular weight excluding hydrogens is 232 g/mol. The van der Waals surface area contributed by atoms with Crippen LogP contribution in [-0.4, -0.2) is 26.1 Å². The molecule has 2 aliphatic rings. The summed E-state index contributed by atoms with van der Waals surface area (Å²) in [4.78, 5) is 0. The molecule has 0 bridgehead atoms. The largest absolute Gasteiger partial charge is 0.327 e. The maximum absolute atomic E-state index is 5.93. The average Bonchev–Trinajstić information content (AvgIpc) is 3.18. The first kappa shape index (κ1) is 11.5. The predicted molar refractivity (Wildman–Crippen MR) is 69.2 cm³/mol. The minimum atomic E-state index is 0.189. The van der Waals surface area contributed by atoms with Crippen LogP contribution < -0.4 is 5.73 Å². The summed E-state index contributed by atoms with van der Waals surface area (Å²) in [5, 5.41) is 10.3. The smallest absolute Gasteiger partial charge is 0.191 e. The summed E-state index contributed by atoms with van der Waals surface area (Å²) in [6.07, 6.45) is 5.16. The average molecular weight is 252 g/mol. The van der Waals surface area contributed by atoms with Crippen LogP contribution in [0.25, 0.3) is 0 Å². The standard InChI is InChI=1S/C12H20N4S/c1-7(13)8(2)17-12-15-14-11(9-3-4-9)16(12)10-5-6-10/h7-10H,3-6,13H2,1-2H3. The fourth-order valence-corrected chi connectivity index (χ4v) is 2.93. The highest BCUT2D eigenvalue weighted by Gasteiger charge is 2.36.